The Labute approximate surface area is 117 Å². The molecule has 0 saturated heterocycles. The van der Waals surface area contributed by atoms with E-state index < -0.39 is 0 Å². The molecule has 1 amide bonds. The fourth-order valence-electron chi connectivity index (χ4n) is 2.16. The van der Waals surface area contributed by atoms with Crippen molar-refractivity contribution < 1.29 is 4.79 Å². The molecule has 2 aromatic rings. The minimum absolute atomic E-state index is 0.0570. The predicted octanol–water partition coefficient (Wildman–Crippen LogP) is 3.17. The number of anilines is 1. The zero-order valence-electron chi connectivity index (χ0n) is 11.8. The molecule has 19 heavy (non-hydrogen) atoms. The normalized spacial score (nSPS) is 10.7. The number of amides is 1. The molecule has 0 aliphatic carbocycles. The number of thiophene rings is 1. The third-order valence-corrected chi connectivity index (χ3v) is 4.11. The summed E-state index contributed by atoms with van der Waals surface area (Å²) in [5, 5.41) is 7.44. The number of carbonyl (C=O) groups excluding carboxylic acids is 1. The van der Waals surface area contributed by atoms with Gasteiger partial charge in [-0.1, -0.05) is 13.8 Å². The molecule has 0 fully saturated rings. The van der Waals surface area contributed by atoms with Gasteiger partial charge in [0.25, 0.3) is 5.91 Å². The van der Waals surface area contributed by atoms with Gasteiger partial charge in [0, 0.05) is 17.5 Å². The molecule has 2 rings (SSSR count). The monoisotopic (exact) mass is 277 g/mol. The van der Waals surface area contributed by atoms with Crippen molar-refractivity contribution in [3.05, 3.63) is 33.1 Å². The fraction of sp³-hybridized carbons (Fsp3) is 0.429. The van der Waals surface area contributed by atoms with Gasteiger partial charge in [0.05, 0.1) is 10.6 Å². The van der Waals surface area contributed by atoms with Gasteiger partial charge in [0.15, 0.2) is 0 Å². The third-order valence-electron chi connectivity index (χ3n) is 3.11. The maximum Gasteiger partial charge on any atom is 0.266 e. The topological polar surface area (TPSA) is 46.9 Å². The summed E-state index contributed by atoms with van der Waals surface area (Å²) in [7, 11) is 1.87. The Balaban J connectivity index is 2.28. The van der Waals surface area contributed by atoms with Crippen LogP contribution in [0.2, 0.25) is 0 Å². The van der Waals surface area contributed by atoms with Gasteiger partial charge in [-0.15, -0.1) is 11.3 Å². The standard InChI is InChI=1S/C14H19N3OS/c1-5-10-11(6-2)16-17(4)13(10)15-14(18)12-8-7-9(3)19-12/h7-8H,5-6H2,1-4H3,(H,15,18). The average Bonchev–Trinajstić information content (AvgIpc) is 2.94. The van der Waals surface area contributed by atoms with E-state index >= 15 is 0 Å². The molecule has 0 aromatic carbocycles. The van der Waals surface area contributed by atoms with Crippen LogP contribution in [0.1, 0.15) is 39.7 Å². The number of nitrogens with zero attached hydrogens (tertiary/aromatic N) is 2. The van der Waals surface area contributed by atoms with Crippen molar-refractivity contribution in [3.8, 4) is 0 Å². The van der Waals surface area contributed by atoms with Gasteiger partial charge >= 0.3 is 0 Å². The number of hydrogen-bond acceptors (Lipinski definition) is 3. The Morgan fingerprint density at radius 2 is 2.11 bits per heavy atom. The second-order valence-corrected chi connectivity index (χ2v) is 5.76. The van der Waals surface area contributed by atoms with Gasteiger partial charge in [0.2, 0.25) is 0 Å². The van der Waals surface area contributed by atoms with Gasteiger partial charge in [-0.25, -0.2) is 0 Å². The molecule has 0 spiro atoms. The van der Waals surface area contributed by atoms with Crippen molar-refractivity contribution in [2.24, 2.45) is 7.05 Å². The summed E-state index contributed by atoms with van der Waals surface area (Å²) in [6.07, 6.45) is 1.75. The third kappa shape index (κ3) is 2.71. The van der Waals surface area contributed by atoms with Gasteiger partial charge < -0.3 is 5.32 Å². The lowest BCUT2D eigenvalue weighted by Gasteiger charge is -2.06. The van der Waals surface area contributed by atoms with Gasteiger partial charge in [0.1, 0.15) is 5.82 Å². The smallest absolute Gasteiger partial charge is 0.266 e. The molecule has 0 saturated carbocycles. The van der Waals surface area contributed by atoms with Crippen LogP contribution < -0.4 is 5.32 Å². The lowest BCUT2D eigenvalue weighted by molar-refractivity contribution is 0.102. The van der Waals surface area contributed by atoms with E-state index in [1.54, 1.807) is 4.68 Å². The van der Waals surface area contributed by atoms with Crippen LogP contribution >= 0.6 is 11.3 Å². The van der Waals surface area contributed by atoms with Gasteiger partial charge in [-0.3, -0.25) is 9.48 Å². The summed E-state index contributed by atoms with van der Waals surface area (Å²) < 4.78 is 1.76. The van der Waals surface area contributed by atoms with Gasteiger partial charge in [-0.05, 0) is 31.9 Å². The number of aryl methyl sites for hydroxylation is 3. The largest absolute Gasteiger partial charge is 0.306 e. The molecular weight excluding hydrogens is 258 g/mol. The second-order valence-electron chi connectivity index (χ2n) is 4.47. The molecule has 0 aliphatic heterocycles. The number of carbonyl (C=O) groups is 1. The molecule has 0 atom stereocenters. The highest BCUT2D eigenvalue weighted by molar-refractivity contribution is 7.14. The van der Waals surface area contributed by atoms with E-state index in [0.29, 0.717) is 0 Å². The lowest BCUT2D eigenvalue weighted by Crippen LogP contribution is -2.14. The zero-order chi connectivity index (χ0) is 14.0. The van der Waals surface area contributed by atoms with Crippen molar-refractivity contribution in [2.45, 2.75) is 33.6 Å². The van der Waals surface area contributed by atoms with Crippen LogP contribution in [0, 0.1) is 6.92 Å². The highest BCUT2D eigenvalue weighted by Crippen LogP contribution is 2.22. The fourth-order valence-corrected chi connectivity index (χ4v) is 2.92. The zero-order valence-corrected chi connectivity index (χ0v) is 12.6. The molecule has 0 radical (unpaired) electrons. The number of rotatable bonds is 4. The summed E-state index contributed by atoms with van der Waals surface area (Å²) in [5.41, 5.74) is 2.19. The maximum atomic E-state index is 12.2. The first-order valence-electron chi connectivity index (χ1n) is 6.49. The van der Waals surface area contributed by atoms with Crippen molar-refractivity contribution in [2.75, 3.05) is 5.32 Å². The Morgan fingerprint density at radius 1 is 1.37 bits per heavy atom. The van der Waals surface area contributed by atoms with Crippen LogP contribution in [0.15, 0.2) is 12.1 Å². The molecule has 2 aromatic heterocycles. The predicted molar refractivity (Wildman–Crippen MR) is 79.0 cm³/mol. The van der Waals surface area contributed by atoms with Crippen LogP contribution in [0.5, 0.6) is 0 Å². The molecule has 1 N–H and O–H groups in total. The number of nitrogens with one attached hydrogen (secondary N) is 1. The van der Waals surface area contributed by atoms with E-state index in [1.165, 1.54) is 11.3 Å². The SMILES string of the molecule is CCc1nn(C)c(NC(=O)c2ccc(C)s2)c1CC. The van der Waals surface area contributed by atoms with Crippen LogP contribution in [0.25, 0.3) is 0 Å². The van der Waals surface area contributed by atoms with E-state index in [0.717, 1.165) is 39.7 Å². The summed E-state index contributed by atoms with van der Waals surface area (Å²) in [5.74, 6) is 0.758. The van der Waals surface area contributed by atoms with E-state index in [4.69, 9.17) is 0 Å². The Kier molecular flexibility index (Phi) is 4.04. The molecule has 0 bridgehead atoms. The highest BCUT2D eigenvalue weighted by atomic mass is 32.1. The van der Waals surface area contributed by atoms with Gasteiger partial charge in [-0.2, -0.15) is 5.10 Å². The quantitative estimate of drug-likeness (QED) is 0.933. The van der Waals surface area contributed by atoms with E-state index in [-0.39, 0.29) is 5.91 Å². The molecule has 0 unspecified atom stereocenters. The van der Waals surface area contributed by atoms with E-state index in [2.05, 4.69) is 24.3 Å². The average molecular weight is 277 g/mol. The minimum Gasteiger partial charge on any atom is -0.306 e. The first-order valence-corrected chi connectivity index (χ1v) is 7.31. The van der Waals surface area contributed by atoms with Crippen LogP contribution in [0.4, 0.5) is 5.82 Å². The maximum absolute atomic E-state index is 12.2. The second kappa shape index (κ2) is 5.57. The summed E-state index contributed by atoms with van der Waals surface area (Å²) in [6, 6.07) is 3.82. The number of hydrogen-bond donors (Lipinski definition) is 1. The number of aromatic nitrogens is 2. The summed E-state index contributed by atoms with van der Waals surface area (Å²) >= 11 is 1.51. The van der Waals surface area contributed by atoms with Crippen molar-refractivity contribution >= 4 is 23.1 Å². The van der Waals surface area contributed by atoms with Crippen LogP contribution in [-0.4, -0.2) is 15.7 Å². The van der Waals surface area contributed by atoms with E-state index in [1.807, 2.05) is 26.1 Å². The molecule has 4 nitrogen and oxygen atoms in total. The van der Waals surface area contributed by atoms with E-state index in [9.17, 15) is 4.79 Å². The molecular formula is C14H19N3OS. The summed E-state index contributed by atoms with van der Waals surface area (Å²) in [6.45, 7) is 6.16. The molecule has 5 heteroatoms. The van der Waals surface area contributed by atoms with Crippen molar-refractivity contribution in [1.29, 1.82) is 0 Å². The Hall–Kier alpha value is -1.62. The van der Waals surface area contributed by atoms with Crippen LogP contribution in [0.3, 0.4) is 0 Å². The Morgan fingerprint density at radius 3 is 2.63 bits per heavy atom. The molecule has 2 heterocycles. The van der Waals surface area contributed by atoms with Crippen molar-refractivity contribution in [1.82, 2.24) is 9.78 Å². The highest BCUT2D eigenvalue weighted by Gasteiger charge is 2.17. The first-order chi connectivity index (χ1) is 9.06. The lowest BCUT2D eigenvalue weighted by atomic mass is 10.1. The van der Waals surface area contributed by atoms with Crippen LogP contribution in [-0.2, 0) is 19.9 Å². The summed E-state index contributed by atoms with van der Waals surface area (Å²) in [4.78, 5) is 14.1. The van der Waals surface area contributed by atoms with Crippen molar-refractivity contribution in [3.63, 3.8) is 0 Å². The molecule has 0 aliphatic rings. The Bertz CT molecular complexity index is 598. The minimum atomic E-state index is -0.0570. The molecule has 102 valence electrons. The first kappa shape index (κ1) is 13.8.